The topological polar surface area (TPSA) is 17.1 Å². The van der Waals surface area contributed by atoms with E-state index in [0.29, 0.717) is 12.2 Å². The highest BCUT2D eigenvalue weighted by atomic mass is 16.1. The maximum atomic E-state index is 11.5. The van der Waals surface area contributed by atoms with Crippen LogP contribution < -0.4 is 0 Å². The van der Waals surface area contributed by atoms with E-state index >= 15 is 0 Å². The van der Waals surface area contributed by atoms with Crippen molar-refractivity contribution >= 4 is 5.78 Å². The van der Waals surface area contributed by atoms with Crippen molar-refractivity contribution in [2.24, 2.45) is 5.41 Å². The number of Topliss-reactive ketones (excluding diaryl/α,β-unsaturated/α-hetero) is 1. The maximum absolute atomic E-state index is 11.5. The molecule has 0 aromatic carbocycles. The highest BCUT2D eigenvalue weighted by Gasteiger charge is 2.24. The largest absolute Gasteiger partial charge is 0.298 e. The highest BCUT2D eigenvalue weighted by molar-refractivity contribution is 5.88. The molecule has 0 bridgehead atoms. The molecule has 0 N–H and O–H groups in total. The van der Waals surface area contributed by atoms with Crippen LogP contribution in [0.5, 0.6) is 0 Å². The SMILES string of the molecule is CC1=CC=CC(C)(C)C(=O)C1. The molecular formula is C10H14O. The summed E-state index contributed by atoms with van der Waals surface area (Å²) < 4.78 is 0. The molecule has 60 valence electrons. The summed E-state index contributed by atoms with van der Waals surface area (Å²) in [6.07, 6.45) is 6.54. The van der Waals surface area contributed by atoms with Gasteiger partial charge in [-0.1, -0.05) is 23.8 Å². The first-order chi connectivity index (χ1) is 5.02. The van der Waals surface area contributed by atoms with Gasteiger partial charge < -0.3 is 0 Å². The summed E-state index contributed by atoms with van der Waals surface area (Å²) in [5, 5.41) is 0. The zero-order chi connectivity index (χ0) is 8.48. The van der Waals surface area contributed by atoms with E-state index < -0.39 is 0 Å². The normalized spacial score (nSPS) is 22.8. The molecule has 1 aliphatic rings. The van der Waals surface area contributed by atoms with Gasteiger partial charge in [-0.2, -0.15) is 0 Å². The average molecular weight is 150 g/mol. The number of allylic oxidation sites excluding steroid dienone is 4. The molecule has 0 spiro atoms. The molecule has 1 nitrogen and oxygen atoms in total. The Morgan fingerprint density at radius 1 is 1.45 bits per heavy atom. The van der Waals surface area contributed by atoms with Crippen LogP contribution >= 0.6 is 0 Å². The lowest BCUT2D eigenvalue weighted by atomic mass is 9.86. The average Bonchev–Trinajstić information content (AvgIpc) is 1.94. The zero-order valence-corrected chi connectivity index (χ0v) is 7.35. The van der Waals surface area contributed by atoms with Gasteiger partial charge in [0.15, 0.2) is 0 Å². The van der Waals surface area contributed by atoms with Crippen LogP contribution in [0.3, 0.4) is 0 Å². The van der Waals surface area contributed by atoms with Gasteiger partial charge in [0, 0.05) is 11.8 Å². The van der Waals surface area contributed by atoms with Crippen LogP contribution in [0.1, 0.15) is 27.2 Å². The third-order valence-corrected chi connectivity index (χ3v) is 2.05. The van der Waals surface area contributed by atoms with Crippen molar-refractivity contribution in [3.63, 3.8) is 0 Å². The van der Waals surface area contributed by atoms with Gasteiger partial charge in [0.05, 0.1) is 0 Å². The minimum absolute atomic E-state index is 0.270. The molecule has 1 heteroatoms. The first-order valence-electron chi connectivity index (χ1n) is 3.91. The van der Waals surface area contributed by atoms with Crippen LogP contribution in [0.25, 0.3) is 0 Å². The first kappa shape index (κ1) is 8.25. The Morgan fingerprint density at radius 3 is 2.73 bits per heavy atom. The van der Waals surface area contributed by atoms with Gasteiger partial charge in [-0.15, -0.1) is 0 Å². The van der Waals surface area contributed by atoms with Crippen LogP contribution in [0.4, 0.5) is 0 Å². The van der Waals surface area contributed by atoms with Crippen molar-refractivity contribution in [3.05, 3.63) is 23.8 Å². The molecule has 0 saturated heterocycles. The quantitative estimate of drug-likeness (QED) is 0.518. The minimum Gasteiger partial charge on any atom is -0.298 e. The molecule has 0 radical (unpaired) electrons. The molecular weight excluding hydrogens is 136 g/mol. The van der Waals surface area contributed by atoms with Gasteiger partial charge in [-0.05, 0) is 20.8 Å². The molecule has 0 aromatic heterocycles. The predicted molar refractivity (Wildman–Crippen MR) is 46.3 cm³/mol. The summed E-state index contributed by atoms with van der Waals surface area (Å²) >= 11 is 0. The molecule has 0 atom stereocenters. The summed E-state index contributed by atoms with van der Waals surface area (Å²) in [7, 11) is 0. The summed E-state index contributed by atoms with van der Waals surface area (Å²) in [5.41, 5.74) is 0.880. The van der Waals surface area contributed by atoms with Crippen molar-refractivity contribution in [3.8, 4) is 0 Å². The van der Waals surface area contributed by atoms with E-state index in [1.54, 1.807) is 0 Å². The van der Waals surface area contributed by atoms with E-state index in [0.717, 1.165) is 5.57 Å². The Hall–Kier alpha value is -0.850. The minimum atomic E-state index is -0.270. The van der Waals surface area contributed by atoms with E-state index in [1.165, 1.54) is 0 Å². The molecule has 1 aliphatic carbocycles. The zero-order valence-electron chi connectivity index (χ0n) is 7.35. The molecule has 0 aromatic rings. The van der Waals surface area contributed by atoms with Crippen molar-refractivity contribution in [2.45, 2.75) is 27.2 Å². The molecule has 0 fully saturated rings. The summed E-state index contributed by atoms with van der Waals surface area (Å²) in [6, 6.07) is 0. The van der Waals surface area contributed by atoms with Gasteiger partial charge in [-0.3, -0.25) is 4.79 Å². The lowest BCUT2D eigenvalue weighted by Gasteiger charge is -2.16. The van der Waals surface area contributed by atoms with Crippen molar-refractivity contribution < 1.29 is 4.79 Å². The predicted octanol–water partition coefficient (Wildman–Crippen LogP) is 2.49. The Labute approximate surface area is 67.8 Å². The van der Waals surface area contributed by atoms with Gasteiger partial charge in [0.2, 0.25) is 0 Å². The molecule has 11 heavy (non-hydrogen) atoms. The second kappa shape index (κ2) is 2.65. The second-order valence-electron chi connectivity index (χ2n) is 3.69. The fraction of sp³-hybridized carbons (Fsp3) is 0.500. The van der Waals surface area contributed by atoms with E-state index in [4.69, 9.17) is 0 Å². The molecule has 0 unspecified atom stereocenters. The van der Waals surface area contributed by atoms with Crippen molar-refractivity contribution in [1.82, 2.24) is 0 Å². The Morgan fingerprint density at radius 2 is 2.09 bits per heavy atom. The molecule has 1 rings (SSSR count). The Bertz CT molecular complexity index is 231. The number of carbonyl (C=O) groups excluding carboxylic acids is 1. The monoisotopic (exact) mass is 150 g/mol. The third kappa shape index (κ3) is 1.79. The molecule has 0 saturated carbocycles. The number of hydrogen-bond donors (Lipinski definition) is 0. The van der Waals surface area contributed by atoms with Crippen LogP contribution in [0.2, 0.25) is 0 Å². The number of carbonyl (C=O) groups is 1. The Kier molecular flexibility index (Phi) is 1.99. The first-order valence-corrected chi connectivity index (χ1v) is 3.91. The van der Waals surface area contributed by atoms with E-state index in [2.05, 4.69) is 0 Å². The van der Waals surface area contributed by atoms with Gasteiger partial charge in [0.1, 0.15) is 5.78 Å². The van der Waals surface area contributed by atoms with Crippen molar-refractivity contribution in [1.29, 1.82) is 0 Å². The second-order valence-corrected chi connectivity index (χ2v) is 3.69. The third-order valence-electron chi connectivity index (χ3n) is 2.05. The summed E-state index contributed by atoms with van der Waals surface area (Å²) in [4.78, 5) is 11.5. The maximum Gasteiger partial charge on any atom is 0.146 e. The van der Waals surface area contributed by atoms with E-state index in [1.807, 2.05) is 39.0 Å². The lowest BCUT2D eigenvalue weighted by molar-refractivity contribution is -0.124. The smallest absolute Gasteiger partial charge is 0.146 e. The van der Waals surface area contributed by atoms with Crippen LogP contribution in [0.15, 0.2) is 23.8 Å². The van der Waals surface area contributed by atoms with Gasteiger partial charge >= 0.3 is 0 Å². The molecule has 0 aliphatic heterocycles. The molecule has 0 heterocycles. The highest BCUT2D eigenvalue weighted by Crippen LogP contribution is 2.25. The lowest BCUT2D eigenvalue weighted by Crippen LogP contribution is -2.20. The van der Waals surface area contributed by atoms with Gasteiger partial charge in [0.25, 0.3) is 0 Å². The van der Waals surface area contributed by atoms with Gasteiger partial charge in [-0.25, -0.2) is 0 Å². The van der Waals surface area contributed by atoms with Crippen LogP contribution in [-0.4, -0.2) is 5.78 Å². The summed E-state index contributed by atoms with van der Waals surface area (Å²) in [6.45, 7) is 5.90. The fourth-order valence-electron chi connectivity index (χ4n) is 1.09. The number of ketones is 1. The van der Waals surface area contributed by atoms with E-state index in [-0.39, 0.29) is 5.41 Å². The van der Waals surface area contributed by atoms with Crippen LogP contribution in [-0.2, 0) is 4.79 Å². The summed E-state index contributed by atoms with van der Waals surface area (Å²) in [5.74, 6) is 0.306. The standard InChI is InChI=1S/C10H14O/c1-8-5-4-6-10(2,3)9(11)7-8/h4-6H,7H2,1-3H3. The Balaban J connectivity index is 2.91. The van der Waals surface area contributed by atoms with Crippen molar-refractivity contribution in [2.75, 3.05) is 0 Å². The fourth-order valence-corrected chi connectivity index (χ4v) is 1.09. The number of rotatable bonds is 0. The number of hydrogen-bond acceptors (Lipinski definition) is 1. The van der Waals surface area contributed by atoms with E-state index in [9.17, 15) is 4.79 Å². The molecule has 0 amide bonds. The van der Waals surface area contributed by atoms with Crippen LogP contribution in [0, 0.1) is 5.41 Å².